The highest BCUT2D eigenvalue weighted by Gasteiger charge is 2.39. The molecule has 2 fully saturated rings. The number of rotatable bonds is 5. The molecule has 1 aromatic carbocycles. The van der Waals surface area contributed by atoms with Gasteiger partial charge in [-0.25, -0.2) is 8.42 Å². The smallest absolute Gasteiger partial charge is 0.264 e. The van der Waals surface area contributed by atoms with E-state index in [-0.39, 0.29) is 29.8 Å². The molecule has 0 radical (unpaired) electrons. The van der Waals surface area contributed by atoms with Crippen molar-refractivity contribution < 1.29 is 22.7 Å². The molecule has 2 aliphatic rings. The summed E-state index contributed by atoms with van der Waals surface area (Å²) in [6.45, 7) is 1.65. The van der Waals surface area contributed by atoms with Crippen LogP contribution in [-0.2, 0) is 14.8 Å². The molecule has 0 saturated carbocycles. The lowest BCUT2D eigenvalue weighted by Crippen LogP contribution is -2.55. The first-order valence-electron chi connectivity index (χ1n) is 10.2. The van der Waals surface area contributed by atoms with Gasteiger partial charge in [-0.1, -0.05) is 6.07 Å². The van der Waals surface area contributed by atoms with Gasteiger partial charge in [-0.2, -0.15) is 4.31 Å². The lowest BCUT2D eigenvalue weighted by Gasteiger charge is -2.36. The topological polar surface area (TPSA) is 87.2 Å². The van der Waals surface area contributed by atoms with Gasteiger partial charge >= 0.3 is 0 Å². The third kappa shape index (κ3) is 4.32. The SMILES string of the molecule is COc1ccc(S(=O)(=O)N2CCN(C(=O)[C@@H]3CCCN3C(=O)c3cccs3)CC2)cc1. The van der Waals surface area contributed by atoms with Crippen LogP contribution in [0, 0.1) is 0 Å². The first-order chi connectivity index (χ1) is 14.9. The van der Waals surface area contributed by atoms with Crippen LogP contribution in [0.15, 0.2) is 46.7 Å². The summed E-state index contributed by atoms with van der Waals surface area (Å²) in [7, 11) is -2.11. The van der Waals surface area contributed by atoms with Crippen molar-refractivity contribution in [3.05, 3.63) is 46.7 Å². The predicted molar refractivity (Wildman–Crippen MR) is 117 cm³/mol. The molecule has 2 aromatic rings. The van der Waals surface area contributed by atoms with Crippen molar-refractivity contribution in [1.82, 2.24) is 14.1 Å². The number of carbonyl (C=O) groups excluding carboxylic acids is 2. The fourth-order valence-corrected chi connectivity index (χ4v) is 6.17. The van der Waals surface area contributed by atoms with Crippen LogP contribution in [0.25, 0.3) is 0 Å². The molecule has 2 aliphatic heterocycles. The number of nitrogens with zero attached hydrogens (tertiary/aromatic N) is 3. The highest BCUT2D eigenvalue weighted by molar-refractivity contribution is 7.89. The van der Waals surface area contributed by atoms with Gasteiger partial charge < -0.3 is 14.5 Å². The second kappa shape index (κ2) is 8.97. The number of piperazine rings is 1. The summed E-state index contributed by atoms with van der Waals surface area (Å²) in [4.78, 5) is 30.1. The van der Waals surface area contributed by atoms with E-state index in [4.69, 9.17) is 4.74 Å². The third-order valence-electron chi connectivity index (χ3n) is 5.78. The number of hydrogen-bond donors (Lipinski definition) is 0. The van der Waals surface area contributed by atoms with Crippen molar-refractivity contribution in [2.45, 2.75) is 23.8 Å². The molecule has 1 atom stereocenters. The maximum Gasteiger partial charge on any atom is 0.264 e. The van der Waals surface area contributed by atoms with E-state index in [1.807, 2.05) is 11.4 Å². The molecule has 10 heteroatoms. The second-order valence-electron chi connectivity index (χ2n) is 7.54. The molecule has 0 aliphatic carbocycles. The normalized spacial score (nSPS) is 20.1. The lowest BCUT2D eigenvalue weighted by atomic mass is 10.1. The molecule has 0 bridgehead atoms. The predicted octanol–water partition coefficient (Wildman–Crippen LogP) is 1.89. The first-order valence-corrected chi connectivity index (χ1v) is 12.5. The minimum atomic E-state index is -3.63. The Morgan fingerprint density at radius 2 is 1.74 bits per heavy atom. The monoisotopic (exact) mass is 463 g/mol. The Hall–Kier alpha value is -2.43. The summed E-state index contributed by atoms with van der Waals surface area (Å²) in [5.74, 6) is 0.392. The highest BCUT2D eigenvalue weighted by atomic mass is 32.2. The standard InChI is InChI=1S/C21H25N3O5S2/c1-29-16-6-8-17(9-7-16)31(27,28)23-13-11-22(12-14-23)20(25)18-4-2-10-24(18)21(26)19-5-3-15-30-19/h3,5-9,15,18H,2,4,10-14H2,1H3/t18-/m0/s1. The number of amides is 2. The molecule has 0 unspecified atom stereocenters. The molecule has 2 saturated heterocycles. The number of methoxy groups -OCH3 is 1. The van der Waals surface area contributed by atoms with Crippen molar-refractivity contribution >= 4 is 33.2 Å². The van der Waals surface area contributed by atoms with Crippen molar-refractivity contribution in [3.8, 4) is 5.75 Å². The fraction of sp³-hybridized carbons (Fsp3) is 0.429. The van der Waals surface area contributed by atoms with Crippen molar-refractivity contribution in [2.24, 2.45) is 0 Å². The average Bonchev–Trinajstić information content (AvgIpc) is 3.51. The van der Waals surface area contributed by atoms with E-state index >= 15 is 0 Å². The van der Waals surface area contributed by atoms with Gasteiger partial charge in [0, 0.05) is 32.7 Å². The molecule has 1 aromatic heterocycles. The maximum absolute atomic E-state index is 13.1. The van der Waals surface area contributed by atoms with E-state index in [1.54, 1.807) is 28.0 Å². The molecular formula is C21H25N3O5S2. The van der Waals surface area contributed by atoms with Crippen LogP contribution in [0.1, 0.15) is 22.5 Å². The van der Waals surface area contributed by atoms with Gasteiger partial charge in [0.15, 0.2) is 0 Å². The van der Waals surface area contributed by atoms with Crippen LogP contribution in [0.3, 0.4) is 0 Å². The molecule has 0 N–H and O–H groups in total. The lowest BCUT2D eigenvalue weighted by molar-refractivity contribution is -0.136. The number of likely N-dealkylation sites (tertiary alicyclic amines) is 1. The summed E-state index contributed by atoms with van der Waals surface area (Å²) >= 11 is 1.37. The van der Waals surface area contributed by atoms with Gasteiger partial charge in [-0.15, -0.1) is 11.3 Å². The van der Waals surface area contributed by atoms with Gasteiger partial charge in [0.2, 0.25) is 15.9 Å². The summed E-state index contributed by atoms with van der Waals surface area (Å²) in [6.07, 6.45) is 1.43. The number of thiophene rings is 1. The van der Waals surface area contributed by atoms with Crippen LogP contribution in [0.5, 0.6) is 5.75 Å². The molecule has 3 heterocycles. The van der Waals surface area contributed by atoms with E-state index < -0.39 is 16.1 Å². The van der Waals surface area contributed by atoms with Gasteiger partial charge in [0.25, 0.3) is 5.91 Å². The summed E-state index contributed by atoms with van der Waals surface area (Å²) in [5, 5.41) is 1.85. The summed E-state index contributed by atoms with van der Waals surface area (Å²) in [5.41, 5.74) is 0. The largest absolute Gasteiger partial charge is 0.497 e. The molecule has 166 valence electrons. The molecule has 31 heavy (non-hydrogen) atoms. The number of sulfonamides is 1. The van der Waals surface area contributed by atoms with Gasteiger partial charge in [-0.05, 0) is 48.6 Å². The van der Waals surface area contributed by atoms with Crippen molar-refractivity contribution in [1.29, 1.82) is 0 Å². The zero-order valence-electron chi connectivity index (χ0n) is 17.3. The van der Waals surface area contributed by atoms with E-state index in [0.717, 1.165) is 6.42 Å². The second-order valence-corrected chi connectivity index (χ2v) is 10.4. The van der Waals surface area contributed by atoms with Crippen LogP contribution in [0.2, 0.25) is 0 Å². The number of hydrogen-bond acceptors (Lipinski definition) is 6. The van der Waals surface area contributed by atoms with Crippen LogP contribution in [-0.4, -0.2) is 80.2 Å². The summed E-state index contributed by atoms with van der Waals surface area (Å²) in [6, 6.07) is 9.41. The summed E-state index contributed by atoms with van der Waals surface area (Å²) < 4.78 is 32.3. The van der Waals surface area contributed by atoms with Gasteiger partial charge in [-0.3, -0.25) is 9.59 Å². The number of ether oxygens (including phenoxy) is 1. The van der Waals surface area contributed by atoms with E-state index in [9.17, 15) is 18.0 Å². The van der Waals surface area contributed by atoms with Crippen LogP contribution in [0.4, 0.5) is 0 Å². The van der Waals surface area contributed by atoms with E-state index in [1.165, 1.54) is 34.9 Å². The van der Waals surface area contributed by atoms with Crippen molar-refractivity contribution in [2.75, 3.05) is 39.8 Å². The van der Waals surface area contributed by atoms with Crippen molar-refractivity contribution in [3.63, 3.8) is 0 Å². The maximum atomic E-state index is 13.1. The third-order valence-corrected chi connectivity index (χ3v) is 8.55. The Morgan fingerprint density at radius 1 is 1.03 bits per heavy atom. The van der Waals surface area contributed by atoms with Crippen LogP contribution >= 0.6 is 11.3 Å². The quantitative estimate of drug-likeness (QED) is 0.676. The molecule has 8 nitrogen and oxygen atoms in total. The highest BCUT2D eigenvalue weighted by Crippen LogP contribution is 2.25. The molecule has 2 amide bonds. The number of carbonyl (C=O) groups is 2. The first kappa shape index (κ1) is 21.8. The Kier molecular flexibility index (Phi) is 6.31. The van der Waals surface area contributed by atoms with E-state index in [0.29, 0.717) is 36.7 Å². The molecular weight excluding hydrogens is 438 g/mol. The Bertz CT molecular complexity index is 1030. The van der Waals surface area contributed by atoms with Crippen LogP contribution < -0.4 is 4.74 Å². The Labute approximate surface area is 186 Å². The Balaban J connectivity index is 1.39. The molecule has 4 rings (SSSR count). The zero-order chi connectivity index (χ0) is 22.0. The molecule has 0 spiro atoms. The van der Waals surface area contributed by atoms with Gasteiger partial charge in [0.1, 0.15) is 11.8 Å². The van der Waals surface area contributed by atoms with E-state index in [2.05, 4.69) is 0 Å². The van der Waals surface area contributed by atoms with Gasteiger partial charge in [0.05, 0.1) is 16.9 Å². The zero-order valence-corrected chi connectivity index (χ0v) is 18.9. The minimum absolute atomic E-state index is 0.0936. The average molecular weight is 464 g/mol. The Morgan fingerprint density at radius 3 is 2.35 bits per heavy atom. The number of benzene rings is 1. The minimum Gasteiger partial charge on any atom is -0.497 e. The fourth-order valence-electron chi connectivity index (χ4n) is 4.06.